The molecule has 0 heterocycles. The molecule has 0 aromatic rings. The van der Waals surface area contributed by atoms with E-state index >= 15 is 0 Å². The normalized spacial score (nSPS) is 14.0. The quantitative estimate of drug-likeness (QED) is 0.779. The van der Waals surface area contributed by atoms with Crippen LogP contribution in [0.2, 0.25) is 12.9 Å². The van der Waals surface area contributed by atoms with Gasteiger partial charge in [0, 0.05) is 0 Å². The molecule has 0 aliphatic rings. The molecule has 0 radical (unpaired) electrons. The van der Waals surface area contributed by atoms with Crippen molar-refractivity contribution in [1.82, 2.24) is 0 Å². The minimum absolute atomic E-state index is 0.00926. The fourth-order valence-electron chi connectivity index (χ4n) is 0.221. The molecule has 0 aliphatic heterocycles. The third-order valence-corrected chi connectivity index (χ3v) is 8.01. The van der Waals surface area contributed by atoms with E-state index < -0.39 is 27.7 Å². The van der Waals surface area contributed by atoms with Crippen molar-refractivity contribution in [3.8, 4) is 0 Å². The molecule has 1 unspecified atom stereocenters. The van der Waals surface area contributed by atoms with Gasteiger partial charge in [-0.15, -0.1) is 0 Å². The molecule has 0 spiro atoms. The van der Waals surface area contributed by atoms with Crippen LogP contribution < -0.4 is 0 Å². The summed E-state index contributed by atoms with van der Waals surface area (Å²) in [5.74, 6) is -0.618. The van der Waals surface area contributed by atoms with Gasteiger partial charge in [0.05, 0.1) is 0 Å². The van der Waals surface area contributed by atoms with Crippen molar-refractivity contribution in [2.24, 2.45) is 0 Å². The zero-order valence-electron chi connectivity index (χ0n) is 5.38. The van der Waals surface area contributed by atoms with E-state index in [1.165, 1.54) is 0 Å². The fraction of sp³-hybridized carbons (Fsp3) is 0.800. The number of carbonyl (C=O) groups is 1. The summed E-state index contributed by atoms with van der Waals surface area (Å²) in [6.45, 7) is 1.81. The molecule has 0 aromatic heterocycles. The van der Waals surface area contributed by atoms with E-state index in [0.717, 1.165) is 0 Å². The van der Waals surface area contributed by atoms with Crippen LogP contribution in [0.4, 0.5) is 0 Å². The van der Waals surface area contributed by atoms with Crippen LogP contribution in [0.1, 0.15) is 6.92 Å². The van der Waals surface area contributed by atoms with E-state index in [1.807, 2.05) is 0 Å². The first-order chi connectivity index (χ1) is 3.55. The van der Waals surface area contributed by atoms with E-state index in [4.69, 9.17) is 5.11 Å². The minimum atomic E-state index is -1.47. The summed E-state index contributed by atoms with van der Waals surface area (Å²) in [6.07, 6.45) is 0. The Morgan fingerprint density at radius 2 is 2.00 bits per heavy atom. The van der Waals surface area contributed by atoms with Crippen molar-refractivity contribution in [3.05, 3.63) is 0 Å². The molecule has 2 nitrogen and oxygen atoms in total. The first-order valence-electron chi connectivity index (χ1n) is 2.45. The van der Waals surface area contributed by atoms with Gasteiger partial charge in [-0.1, -0.05) is 0 Å². The SMILES string of the molecule is C[CH](C(=O)O)[Bi]([CH3])[CH3]. The Hall–Kier alpha value is 0.353. The van der Waals surface area contributed by atoms with Crippen molar-refractivity contribution in [2.45, 2.75) is 19.8 Å². The Balaban J connectivity index is 3.64. The van der Waals surface area contributed by atoms with E-state index in [-0.39, 0.29) is 3.63 Å². The molecule has 1 N–H and O–H groups in total. The fourth-order valence-corrected chi connectivity index (χ4v) is 1.94. The van der Waals surface area contributed by atoms with Gasteiger partial charge in [-0.3, -0.25) is 0 Å². The van der Waals surface area contributed by atoms with Gasteiger partial charge in [0.15, 0.2) is 0 Å². The Bertz CT molecular complexity index is 90.4. The second-order valence-corrected chi connectivity index (χ2v) is 12.5. The molecular weight excluding hydrogens is 301 g/mol. The van der Waals surface area contributed by atoms with Crippen LogP contribution in [-0.2, 0) is 4.79 Å². The summed E-state index contributed by atoms with van der Waals surface area (Å²) >= 11 is -1.47. The molecule has 0 aliphatic carbocycles. The molecule has 8 heavy (non-hydrogen) atoms. The predicted molar refractivity (Wildman–Crippen MR) is 34.5 cm³/mol. The molecule has 3 heteroatoms. The molecule has 0 amide bonds. The number of carboxylic acid groups (broad SMARTS) is 1. The second-order valence-electron chi connectivity index (χ2n) is 1.98. The zero-order chi connectivity index (χ0) is 6.73. The summed E-state index contributed by atoms with van der Waals surface area (Å²) in [6, 6.07) is 0. The Morgan fingerprint density at radius 1 is 1.62 bits per heavy atom. The predicted octanol–water partition coefficient (Wildman–Crippen LogP) is 1.22. The molecule has 0 saturated heterocycles. The van der Waals surface area contributed by atoms with E-state index in [2.05, 4.69) is 9.26 Å². The van der Waals surface area contributed by atoms with E-state index in [9.17, 15) is 4.79 Å². The number of aliphatic carboxylic acids is 1. The van der Waals surface area contributed by atoms with Crippen LogP contribution in [0.3, 0.4) is 0 Å². The maximum atomic E-state index is 10.2. The van der Waals surface area contributed by atoms with Gasteiger partial charge in [0.2, 0.25) is 0 Å². The number of rotatable bonds is 2. The van der Waals surface area contributed by atoms with Gasteiger partial charge in [-0.2, -0.15) is 0 Å². The monoisotopic (exact) mass is 312 g/mol. The summed E-state index contributed by atoms with van der Waals surface area (Å²) in [5, 5.41) is 8.40. The third kappa shape index (κ3) is 2.61. The summed E-state index contributed by atoms with van der Waals surface area (Å²) in [7, 11) is 0. The Kier molecular flexibility index (Phi) is 3.54. The molecule has 0 rings (SSSR count). The van der Waals surface area contributed by atoms with Crippen molar-refractivity contribution in [2.75, 3.05) is 0 Å². The summed E-state index contributed by atoms with van der Waals surface area (Å²) in [5.41, 5.74) is 0. The average Bonchev–Trinajstić information content (AvgIpc) is 1.64. The van der Waals surface area contributed by atoms with E-state index in [0.29, 0.717) is 0 Å². The zero-order valence-corrected chi connectivity index (χ0v) is 8.86. The molecule has 48 valence electrons. The van der Waals surface area contributed by atoms with Crippen LogP contribution in [0.25, 0.3) is 0 Å². The van der Waals surface area contributed by atoms with E-state index in [1.54, 1.807) is 6.92 Å². The average molecular weight is 312 g/mol. The van der Waals surface area contributed by atoms with Crippen LogP contribution in [-0.4, -0.2) is 32.8 Å². The number of carboxylic acids is 1. The van der Waals surface area contributed by atoms with Gasteiger partial charge < -0.3 is 0 Å². The first-order valence-corrected chi connectivity index (χ1v) is 11.4. The van der Waals surface area contributed by atoms with Crippen LogP contribution in [0, 0.1) is 0 Å². The standard InChI is InChI=1S/C3H5O2.2CH3.Bi/c1-2-3(4)5;;;/h2H,1H3,(H,4,5);2*1H3;. The van der Waals surface area contributed by atoms with Crippen molar-refractivity contribution in [1.29, 1.82) is 0 Å². The third-order valence-electron chi connectivity index (χ3n) is 1.13. The number of hydrogen-bond acceptors (Lipinski definition) is 1. The summed E-state index contributed by atoms with van der Waals surface area (Å²) in [4.78, 5) is 10.2. The van der Waals surface area contributed by atoms with Crippen molar-refractivity contribution in [3.63, 3.8) is 0 Å². The molecule has 1 atom stereocenters. The van der Waals surface area contributed by atoms with Gasteiger partial charge in [0.1, 0.15) is 0 Å². The molecular formula is C5H11BiO2. The van der Waals surface area contributed by atoms with Crippen molar-refractivity contribution >= 4 is 27.7 Å². The van der Waals surface area contributed by atoms with Gasteiger partial charge in [0.25, 0.3) is 0 Å². The summed E-state index contributed by atoms with van der Waals surface area (Å²) < 4.78 is 4.20. The van der Waals surface area contributed by atoms with Gasteiger partial charge in [-0.25, -0.2) is 0 Å². The topological polar surface area (TPSA) is 37.3 Å². The Morgan fingerprint density at radius 3 is 2.00 bits per heavy atom. The van der Waals surface area contributed by atoms with Gasteiger partial charge in [-0.05, 0) is 0 Å². The van der Waals surface area contributed by atoms with Crippen LogP contribution in [0.15, 0.2) is 0 Å². The maximum absolute atomic E-state index is 10.2. The van der Waals surface area contributed by atoms with Gasteiger partial charge >= 0.3 is 57.4 Å². The number of hydrogen-bond donors (Lipinski definition) is 1. The van der Waals surface area contributed by atoms with Crippen LogP contribution in [0.5, 0.6) is 0 Å². The second kappa shape index (κ2) is 3.39. The molecule has 0 aromatic carbocycles. The molecule has 0 bridgehead atoms. The van der Waals surface area contributed by atoms with Crippen LogP contribution >= 0.6 is 0 Å². The molecule has 0 fully saturated rings. The Labute approximate surface area is 57.6 Å². The first kappa shape index (κ1) is 8.35. The van der Waals surface area contributed by atoms with Crippen molar-refractivity contribution < 1.29 is 9.90 Å². The molecule has 0 saturated carbocycles.